The summed E-state index contributed by atoms with van der Waals surface area (Å²) in [4.78, 5) is 25.8. The van der Waals surface area contributed by atoms with Crippen molar-refractivity contribution in [3.8, 4) is 0 Å². The number of amides is 2. The minimum absolute atomic E-state index is 0.0122. The van der Waals surface area contributed by atoms with E-state index in [2.05, 4.69) is 37.2 Å². The molecule has 0 unspecified atom stereocenters. The molecule has 0 radical (unpaired) electrons. The molecule has 6 heteroatoms. The summed E-state index contributed by atoms with van der Waals surface area (Å²) in [5.41, 5.74) is 1.62. The van der Waals surface area contributed by atoms with Gasteiger partial charge in [0, 0.05) is 41.1 Å². The third kappa shape index (κ3) is 5.46. The molecule has 0 saturated heterocycles. The maximum Gasteiger partial charge on any atom is 0.251 e. The Morgan fingerprint density at radius 1 is 1.04 bits per heavy atom. The maximum atomic E-state index is 12.2. The fourth-order valence-corrected chi connectivity index (χ4v) is 2.82. The van der Waals surface area contributed by atoms with Crippen LogP contribution in [-0.2, 0) is 11.3 Å². The third-order valence-corrected chi connectivity index (χ3v) is 4.82. The lowest BCUT2D eigenvalue weighted by Gasteiger charge is -2.18. The zero-order chi connectivity index (χ0) is 17.5. The van der Waals surface area contributed by atoms with E-state index in [1.807, 2.05) is 36.4 Å². The van der Waals surface area contributed by atoms with E-state index in [0.717, 1.165) is 14.5 Å². The summed E-state index contributed by atoms with van der Waals surface area (Å²) in [6.45, 7) is 0.842. The molecule has 0 saturated carbocycles. The van der Waals surface area contributed by atoms with Crippen LogP contribution in [0.2, 0.25) is 0 Å². The summed E-state index contributed by atoms with van der Waals surface area (Å²) < 4.78 is 1.90. The van der Waals surface area contributed by atoms with Crippen LogP contribution in [0.5, 0.6) is 0 Å². The van der Waals surface area contributed by atoms with Crippen LogP contribution in [0.1, 0.15) is 22.3 Å². The molecule has 2 rings (SSSR count). The smallest absolute Gasteiger partial charge is 0.251 e. The quantitative estimate of drug-likeness (QED) is 0.718. The van der Waals surface area contributed by atoms with Gasteiger partial charge >= 0.3 is 0 Å². The van der Waals surface area contributed by atoms with Gasteiger partial charge in [-0.25, -0.2) is 0 Å². The molecule has 0 heterocycles. The second-order valence-corrected chi connectivity index (χ2v) is 7.12. The topological polar surface area (TPSA) is 49.4 Å². The van der Waals surface area contributed by atoms with E-state index in [0.29, 0.717) is 18.7 Å². The maximum absolute atomic E-state index is 12.2. The molecular formula is C18H18Br2N2O2. The fourth-order valence-electron chi connectivity index (χ4n) is 2.15. The summed E-state index contributed by atoms with van der Waals surface area (Å²) in [6, 6.07) is 14.9. The van der Waals surface area contributed by atoms with Crippen molar-refractivity contribution in [2.24, 2.45) is 0 Å². The van der Waals surface area contributed by atoms with Gasteiger partial charge in [-0.3, -0.25) is 9.59 Å². The normalized spacial score (nSPS) is 10.3. The lowest BCUT2D eigenvalue weighted by Crippen LogP contribution is -2.31. The van der Waals surface area contributed by atoms with Crippen molar-refractivity contribution in [1.82, 2.24) is 10.2 Å². The Morgan fingerprint density at radius 2 is 1.71 bits per heavy atom. The Labute approximate surface area is 158 Å². The highest BCUT2D eigenvalue weighted by Crippen LogP contribution is 2.17. The fraction of sp³-hybridized carbons (Fsp3) is 0.222. The van der Waals surface area contributed by atoms with Crippen LogP contribution in [0.3, 0.4) is 0 Å². The number of hydrogen-bond donors (Lipinski definition) is 1. The molecule has 4 nitrogen and oxygen atoms in total. The first-order valence-electron chi connectivity index (χ1n) is 7.48. The molecule has 0 aromatic heterocycles. The lowest BCUT2D eigenvalue weighted by atomic mass is 10.2. The molecular weight excluding hydrogens is 436 g/mol. The van der Waals surface area contributed by atoms with Gasteiger partial charge in [-0.05, 0) is 35.9 Å². The predicted octanol–water partition coefficient (Wildman–Crippen LogP) is 3.99. The number of benzene rings is 2. The van der Waals surface area contributed by atoms with Gasteiger partial charge in [0.2, 0.25) is 5.91 Å². The standard InChI is InChI=1S/C18H18Br2N2O2/c1-22(12-14-4-2-3-5-16(14)20)17(23)10-11-21-18(24)13-6-8-15(19)9-7-13/h2-9H,10-12H2,1H3,(H,21,24). The van der Waals surface area contributed by atoms with Gasteiger partial charge in [0.05, 0.1) is 0 Å². The van der Waals surface area contributed by atoms with Crippen molar-refractivity contribution >= 4 is 43.7 Å². The summed E-state index contributed by atoms with van der Waals surface area (Å²) in [7, 11) is 1.76. The second kappa shape index (κ2) is 8.99. The average molecular weight is 454 g/mol. The summed E-state index contributed by atoms with van der Waals surface area (Å²) in [6.07, 6.45) is 0.267. The zero-order valence-corrected chi connectivity index (χ0v) is 16.4. The Kier molecular flexibility index (Phi) is 6.99. The number of carbonyl (C=O) groups is 2. The first-order valence-corrected chi connectivity index (χ1v) is 9.07. The van der Waals surface area contributed by atoms with Crippen molar-refractivity contribution in [1.29, 1.82) is 0 Å². The molecule has 0 bridgehead atoms. The summed E-state index contributed by atoms with van der Waals surface area (Å²) >= 11 is 6.81. The molecule has 2 aromatic carbocycles. The van der Waals surface area contributed by atoms with Crippen LogP contribution >= 0.6 is 31.9 Å². The monoisotopic (exact) mass is 452 g/mol. The lowest BCUT2D eigenvalue weighted by molar-refractivity contribution is -0.130. The van der Waals surface area contributed by atoms with Crippen LogP contribution in [-0.4, -0.2) is 30.3 Å². The molecule has 0 aliphatic carbocycles. The van der Waals surface area contributed by atoms with E-state index in [1.165, 1.54) is 0 Å². The first kappa shape index (κ1) is 18.7. The molecule has 0 atom stereocenters. The number of rotatable bonds is 6. The van der Waals surface area contributed by atoms with Crippen LogP contribution in [0.4, 0.5) is 0 Å². The predicted molar refractivity (Wildman–Crippen MR) is 102 cm³/mol. The Balaban J connectivity index is 1.79. The minimum Gasteiger partial charge on any atom is -0.352 e. The molecule has 2 aromatic rings. The Morgan fingerprint density at radius 3 is 2.38 bits per heavy atom. The number of hydrogen-bond acceptors (Lipinski definition) is 2. The Bertz CT molecular complexity index is 717. The van der Waals surface area contributed by atoms with E-state index in [4.69, 9.17) is 0 Å². The van der Waals surface area contributed by atoms with Gasteiger partial charge < -0.3 is 10.2 Å². The van der Waals surface area contributed by atoms with Crippen molar-refractivity contribution in [2.45, 2.75) is 13.0 Å². The second-order valence-electron chi connectivity index (χ2n) is 5.35. The third-order valence-electron chi connectivity index (χ3n) is 3.52. The molecule has 2 amide bonds. The number of carbonyl (C=O) groups excluding carboxylic acids is 2. The van der Waals surface area contributed by atoms with E-state index in [-0.39, 0.29) is 18.2 Å². The van der Waals surface area contributed by atoms with Crippen LogP contribution in [0.15, 0.2) is 57.5 Å². The van der Waals surface area contributed by atoms with Crippen LogP contribution in [0, 0.1) is 0 Å². The van der Waals surface area contributed by atoms with Crippen molar-refractivity contribution in [3.63, 3.8) is 0 Å². The molecule has 0 aliphatic rings. The number of nitrogens with one attached hydrogen (secondary N) is 1. The van der Waals surface area contributed by atoms with Gasteiger partial charge in [-0.15, -0.1) is 0 Å². The SMILES string of the molecule is CN(Cc1ccccc1Br)C(=O)CCNC(=O)c1ccc(Br)cc1. The highest BCUT2D eigenvalue weighted by molar-refractivity contribution is 9.10. The van der Waals surface area contributed by atoms with E-state index < -0.39 is 0 Å². The summed E-state index contributed by atoms with van der Waals surface area (Å²) in [5, 5.41) is 2.77. The molecule has 126 valence electrons. The van der Waals surface area contributed by atoms with Gasteiger partial charge in [0.1, 0.15) is 0 Å². The van der Waals surface area contributed by atoms with Gasteiger partial charge in [-0.2, -0.15) is 0 Å². The van der Waals surface area contributed by atoms with Crippen LogP contribution < -0.4 is 5.32 Å². The van der Waals surface area contributed by atoms with E-state index >= 15 is 0 Å². The average Bonchev–Trinajstić information content (AvgIpc) is 2.57. The van der Waals surface area contributed by atoms with Crippen LogP contribution in [0.25, 0.3) is 0 Å². The van der Waals surface area contributed by atoms with E-state index in [9.17, 15) is 9.59 Å². The van der Waals surface area contributed by atoms with E-state index in [1.54, 1.807) is 24.1 Å². The largest absolute Gasteiger partial charge is 0.352 e. The Hall–Kier alpha value is -1.66. The minimum atomic E-state index is -0.177. The first-order chi connectivity index (χ1) is 11.5. The molecule has 0 spiro atoms. The summed E-state index contributed by atoms with van der Waals surface area (Å²) in [5.74, 6) is -0.189. The molecule has 0 fully saturated rings. The zero-order valence-electron chi connectivity index (χ0n) is 13.3. The molecule has 0 aliphatic heterocycles. The highest BCUT2D eigenvalue weighted by Gasteiger charge is 2.12. The van der Waals surface area contributed by atoms with Gasteiger partial charge in [0.15, 0.2) is 0 Å². The number of halogens is 2. The van der Waals surface area contributed by atoms with Crippen molar-refractivity contribution < 1.29 is 9.59 Å². The van der Waals surface area contributed by atoms with Gasteiger partial charge in [0.25, 0.3) is 5.91 Å². The van der Waals surface area contributed by atoms with Crippen molar-refractivity contribution in [2.75, 3.05) is 13.6 Å². The molecule has 24 heavy (non-hydrogen) atoms. The molecule has 1 N–H and O–H groups in total. The van der Waals surface area contributed by atoms with Crippen molar-refractivity contribution in [3.05, 3.63) is 68.6 Å². The highest BCUT2D eigenvalue weighted by atomic mass is 79.9. The van der Waals surface area contributed by atoms with Gasteiger partial charge in [-0.1, -0.05) is 50.1 Å². The number of nitrogens with zero attached hydrogens (tertiary/aromatic N) is 1.